The van der Waals surface area contributed by atoms with E-state index in [-0.39, 0.29) is 0 Å². The van der Waals surface area contributed by atoms with Gasteiger partial charge >= 0.3 is 0 Å². The van der Waals surface area contributed by atoms with Crippen LogP contribution >= 0.6 is 0 Å². The van der Waals surface area contributed by atoms with Crippen LogP contribution in [0.2, 0.25) is 6.82 Å². The lowest BCUT2D eigenvalue weighted by Gasteiger charge is -2.08. The highest BCUT2D eigenvalue weighted by molar-refractivity contribution is 6.84. The molecule has 2 nitrogen and oxygen atoms in total. The lowest BCUT2D eigenvalue weighted by molar-refractivity contribution is 0.678. The Morgan fingerprint density at radius 1 is 0.909 bits per heavy atom. The molecule has 3 aromatic rings. The molecule has 0 fully saturated rings. The molecule has 112 valence electrons. The van der Waals surface area contributed by atoms with Crippen molar-refractivity contribution in [1.29, 1.82) is 0 Å². The number of hydrogen-bond acceptors (Lipinski definition) is 1. The molecule has 2 aromatic carbocycles. The van der Waals surface area contributed by atoms with E-state index in [0.717, 1.165) is 6.54 Å². The van der Waals surface area contributed by atoms with E-state index in [1.54, 1.807) is 6.20 Å². The molecule has 1 heterocycles. The minimum absolute atomic E-state index is 0.484. The Kier molecular flexibility index (Phi) is 6.50. The number of aromatic nitrogens is 2. The van der Waals surface area contributed by atoms with E-state index < -0.39 is 0 Å². The summed E-state index contributed by atoms with van der Waals surface area (Å²) in [5.74, 6) is 0. The van der Waals surface area contributed by atoms with Gasteiger partial charge in [-0.2, -0.15) is 0 Å². The molecule has 3 rings (SSSR count). The monoisotopic (exact) mass is 290 g/mol. The first-order chi connectivity index (χ1) is 10.8. The Labute approximate surface area is 133 Å². The first-order valence-electron chi connectivity index (χ1n) is 7.87. The van der Waals surface area contributed by atoms with Gasteiger partial charge in [-0.15, -0.1) is 0 Å². The molecule has 0 saturated carbocycles. The van der Waals surface area contributed by atoms with Gasteiger partial charge in [0.1, 0.15) is 0 Å². The summed E-state index contributed by atoms with van der Waals surface area (Å²) in [7, 11) is 0. The van der Waals surface area contributed by atoms with Crippen LogP contribution in [0, 0.1) is 0 Å². The molecule has 0 aliphatic heterocycles. The van der Waals surface area contributed by atoms with Gasteiger partial charge in [0.05, 0.1) is 6.33 Å². The van der Waals surface area contributed by atoms with Gasteiger partial charge in [0.25, 0.3) is 0 Å². The molecule has 0 aliphatic carbocycles. The number of nitrogens with zero attached hydrogens (tertiary/aromatic N) is 2. The van der Waals surface area contributed by atoms with Crippen molar-refractivity contribution in [3.63, 3.8) is 0 Å². The second kappa shape index (κ2) is 8.88. The van der Waals surface area contributed by atoms with Crippen molar-refractivity contribution in [2.24, 2.45) is 0 Å². The smallest absolute Gasteiger partial charge is 0.206 e. The summed E-state index contributed by atoms with van der Waals surface area (Å²) in [6, 6.07) is 21.2. The number of aryl methyl sites for hydroxylation is 1. The van der Waals surface area contributed by atoms with Crippen molar-refractivity contribution < 1.29 is 0 Å². The quantitative estimate of drug-likeness (QED) is 0.675. The number of hydrogen-bond donors (Lipinski definition) is 0. The maximum absolute atomic E-state index is 3.90. The molecule has 0 aliphatic rings. The Hall–Kier alpha value is -2.29. The Balaban J connectivity index is 0.000000188. The molecule has 0 saturated heterocycles. The van der Waals surface area contributed by atoms with Crippen LogP contribution in [0.4, 0.5) is 0 Å². The standard InChI is InChI=1S/C13H13B.C6H10N2/c1-14(12-8-4-2-5-9-12)13-10-6-3-7-11-13;1-2-4-8-5-3-7-6-8/h2-11H,1H3;3,5-6H,2,4H2,1H3. The van der Waals surface area contributed by atoms with Crippen molar-refractivity contribution in [3.8, 4) is 0 Å². The lowest BCUT2D eigenvalue weighted by atomic mass is 9.43. The topological polar surface area (TPSA) is 17.8 Å². The molecular formula is C19H23BN2. The molecule has 22 heavy (non-hydrogen) atoms. The number of rotatable bonds is 4. The number of benzene rings is 2. The Morgan fingerprint density at radius 3 is 1.86 bits per heavy atom. The van der Waals surface area contributed by atoms with E-state index >= 15 is 0 Å². The fourth-order valence-electron chi connectivity index (χ4n) is 2.35. The second-order valence-electron chi connectivity index (χ2n) is 5.34. The molecule has 0 N–H and O–H groups in total. The molecule has 0 bridgehead atoms. The predicted molar refractivity (Wildman–Crippen MR) is 96.3 cm³/mol. The van der Waals surface area contributed by atoms with Crippen LogP contribution < -0.4 is 10.9 Å². The molecule has 0 atom stereocenters. The zero-order valence-corrected chi connectivity index (χ0v) is 13.4. The highest BCUT2D eigenvalue weighted by Gasteiger charge is 2.10. The largest absolute Gasteiger partial charge is 0.338 e. The SMILES string of the molecule is CB(c1ccccc1)c1ccccc1.CCCn1ccnc1. The van der Waals surface area contributed by atoms with Crippen LogP contribution in [-0.4, -0.2) is 16.3 Å². The molecular weight excluding hydrogens is 267 g/mol. The maximum Gasteiger partial charge on any atom is 0.206 e. The van der Waals surface area contributed by atoms with Crippen molar-refractivity contribution in [1.82, 2.24) is 9.55 Å². The molecule has 1 aromatic heterocycles. The van der Waals surface area contributed by atoms with Crippen molar-refractivity contribution in [2.75, 3.05) is 0 Å². The van der Waals surface area contributed by atoms with Gasteiger partial charge in [-0.25, -0.2) is 4.98 Å². The zero-order chi connectivity index (χ0) is 15.6. The second-order valence-corrected chi connectivity index (χ2v) is 5.34. The average Bonchev–Trinajstić information content (AvgIpc) is 3.10. The fraction of sp³-hybridized carbons (Fsp3) is 0.211. The molecule has 3 heteroatoms. The highest BCUT2D eigenvalue weighted by Crippen LogP contribution is 1.91. The summed E-state index contributed by atoms with van der Waals surface area (Å²) in [5, 5.41) is 0. The van der Waals surface area contributed by atoms with Gasteiger partial charge < -0.3 is 4.57 Å². The summed E-state index contributed by atoms with van der Waals surface area (Å²) in [6.07, 6.45) is 6.79. The van der Waals surface area contributed by atoms with Crippen LogP contribution in [0.25, 0.3) is 0 Å². The highest BCUT2D eigenvalue weighted by atomic mass is 15.0. The Bertz CT molecular complexity index is 582. The molecule has 0 radical (unpaired) electrons. The molecule has 0 amide bonds. The summed E-state index contributed by atoms with van der Waals surface area (Å²) < 4.78 is 2.07. The van der Waals surface area contributed by atoms with E-state index in [4.69, 9.17) is 0 Å². The van der Waals surface area contributed by atoms with Crippen LogP contribution in [0.5, 0.6) is 0 Å². The lowest BCUT2D eigenvalue weighted by Crippen LogP contribution is -2.38. The van der Waals surface area contributed by atoms with Crippen molar-refractivity contribution in [2.45, 2.75) is 26.7 Å². The minimum Gasteiger partial charge on any atom is -0.338 e. The fourth-order valence-corrected chi connectivity index (χ4v) is 2.35. The van der Waals surface area contributed by atoms with E-state index in [9.17, 15) is 0 Å². The normalized spacial score (nSPS) is 9.73. The predicted octanol–water partition coefficient (Wildman–Crippen LogP) is 3.22. The van der Waals surface area contributed by atoms with Gasteiger partial charge in [-0.1, -0.05) is 85.3 Å². The number of imidazole rings is 1. The van der Waals surface area contributed by atoms with Crippen LogP contribution in [0.1, 0.15) is 13.3 Å². The third-order valence-electron chi connectivity index (χ3n) is 3.64. The molecule has 0 unspecified atom stereocenters. The van der Waals surface area contributed by atoms with Gasteiger partial charge in [0.15, 0.2) is 0 Å². The van der Waals surface area contributed by atoms with E-state index in [1.165, 1.54) is 17.3 Å². The van der Waals surface area contributed by atoms with Crippen LogP contribution in [0.15, 0.2) is 79.4 Å². The van der Waals surface area contributed by atoms with E-state index in [0.29, 0.717) is 6.71 Å². The first-order valence-corrected chi connectivity index (χ1v) is 7.87. The third kappa shape index (κ3) is 4.92. The first kappa shape index (κ1) is 16.1. The minimum atomic E-state index is 0.484. The maximum atomic E-state index is 3.90. The zero-order valence-electron chi connectivity index (χ0n) is 13.4. The summed E-state index contributed by atoms with van der Waals surface area (Å²) in [4.78, 5) is 3.90. The van der Waals surface area contributed by atoms with Gasteiger partial charge in [-0.05, 0) is 6.42 Å². The van der Waals surface area contributed by atoms with Gasteiger partial charge in [-0.3, -0.25) is 0 Å². The van der Waals surface area contributed by atoms with Crippen molar-refractivity contribution >= 4 is 17.6 Å². The summed E-state index contributed by atoms with van der Waals surface area (Å²) >= 11 is 0. The third-order valence-corrected chi connectivity index (χ3v) is 3.64. The average molecular weight is 290 g/mol. The van der Waals surface area contributed by atoms with E-state index in [1.807, 2.05) is 12.5 Å². The van der Waals surface area contributed by atoms with Gasteiger partial charge in [0, 0.05) is 18.9 Å². The Morgan fingerprint density at radius 2 is 1.45 bits per heavy atom. The van der Waals surface area contributed by atoms with Crippen molar-refractivity contribution in [3.05, 3.63) is 79.4 Å². The van der Waals surface area contributed by atoms with Gasteiger partial charge in [0.2, 0.25) is 6.71 Å². The van der Waals surface area contributed by atoms with E-state index in [2.05, 4.69) is 84.0 Å². The summed E-state index contributed by atoms with van der Waals surface area (Å²) in [5.41, 5.74) is 2.75. The molecule has 0 spiro atoms. The van der Waals surface area contributed by atoms with Crippen LogP contribution in [-0.2, 0) is 6.54 Å². The van der Waals surface area contributed by atoms with Crippen LogP contribution in [0.3, 0.4) is 0 Å². The summed E-state index contributed by atoms with van der Waals surface area (Å²) in [6.45, 7) is 5.96.